The van der Waals surface area contributed by atoms with Gasteiger partial charge in [-0.25, -0.2) is 0 Å². The maximum atomic E-state index is 12.7. The summed E-state index contributed by atoms with van der Waals surface area (Å²) < 4.78 is 0.892. The van der Waals surface area contributed by atoms with Gasteiger partial charge in [-0.1, -0.05) is 12.1 Å². The third-order valence-electron chi connectivity index (χ3n) is 4.34. The van der Waals surface area contributed by atoms with Crippen molar-refractivity contribution in [1.29, 1.82) is 0 Å². The van der Waals surface area contributed by atoms with E-state index in [9.17, 15) is 4.79 Å². The fraction of sp³-hybridized carbons (Fsp3) is 0.562. The van der Waals surface area contributed by atoms with Crippen molar-refractivity contribution in [2.45, 2.75) is 18.9 Å². The highest BCUT2D eigenvalue weighted by atomic mass is 79.9. The van der Waals surface area contributed by atoms with Crippen LogP contribution in [-0.2, 0) is 0 Å². The van der Waals surface area contributed by atoms with Crippen molar-refractivity contribution in [3.63, 3.8) is 0 Å². The smallest absolute Gasteiger partial charge is 0.255 e. The summed E-state index contributed by atoms with van der Waals surface area (Å²) in [4.78, 5) is 17.3. The summed E-state index contributed by atoms with van der Waals surface area (Å²) in [6.45, 7) is 3.87. The number of halogens is 1. The van der Waals surface area contributed by atoms with Crippen LogP contribution in [0.2, 0.25) is 0 Å². The van der Waals surface area contributed by atoms with E-state index in [0.717, 1.165) is 48.7 Å². The molecule has 0 radical (unpaired) electrons. The highest BCUT2D eigenvalue weighted by Gasteiger charge is 2.27. The first kappa shape index (κ1) is 15.4. The van der Waals surface area contributed by atoms with Gasteiger partial charge in [-0.05, 0) is 46.7 Å². The zero-order valence-corrected chi connectivity index (χ0v) is 14.5. The van der Waals surface area contributed by atoms with Gasteiger partial charge in [0.15, 0.2) is 0 Å². The van der Waals surface area contributed by atoms with E-state index in [2.05, 4.69) is 32.6 Å². The van der Waals surface area contributed by atoms with Gasteiger partial charge in [0.1, 0.15) is 0 Å². The second kappa shape index (κ2) is 7.16. The highest BCUT2D eigenvalue weighted by Crippen LogP contribution is 2.24. The lowest BCUT2D eigenvalue weighted by Gasteiger charge is -2.26. The minimum Gasteiger partial charge on any atom is -0.337 e. The number of carbonyl (C=O) groups excluding carboxylic acids is 1. The second-order valence-corrected chi connectivity index (χ2v) is 7.68. The van der Waals surface area contributed by atoms with E-state index >= 15 is 0 Å². The molecule has 1 aromatic carbocycles. The molecule has 0 saturated carbocycles. The van der Waals surface area contributed by atoms with Gasteiger partial charge in [-0.15, -0.1) is 0 Å². The van der Waals surface area contributed by atoms with Crippen LogP contribution in [0.1, 0.15) is 23.2 Å². The molecule has 2 aliphatic rings. The molecule has 0 spiro atoms. The number of nitrogens with zero attached hydrogens (tertiary/aromatic N) is 2. The van der Waals surface area contributed by atoms with Crippen LogP contribution in [0.4, 0.5) is 0 Å². The SMILES string of the molecule is O=C(c1ccccc1Br)N1CCCN(C2CCSC2)CC1. The van der Waals surface area contributed by atoms with Gasteiger partial charge < -0.3 is 4.90 Å². The zero-order chi connectivity index (χ0) is 14.7. The monoisotopic (exact) mass is 368 g/mol. The molecule has 2 fully saturated rings. The highest BCUT2D eigenvalue weighted by molar-refractivity contribution is 9.10. The number of benzene rings is 1. The topological polar surface area (TPSA) is 23.6 Å². The maximum absolute atomic E-state index is 12.7. The molecule has 21 heavy (non-hydrogen) atoms. The van der Waals surface area contributed by atoms with Gasteiger partial charge in [-0.3, -0.25) is 9.69 Å². The van der Waals surface area contributed by atoms with Crippen LogP contribution < -0.4 is 0 Å². The fourth-order valence-electron chi connectivity index (χ4n) is 3.12. The summed E-state index contributed by atoms with van der Waals surface area (Å²) in [7, 11) is 0. The Morgan fingerprint density at radius 1 is 1.19 bits per heavy atom. The molecule has 0 N–H and O–H groups in total. The molecular weight excluding hydrogens is 348 g/mol. The average molecular weight is 369 g/mol. The Balaban J connectivity index is 1.64. The fourth-order valence-corrected chi connectivity index (χ4v) is 4.83. The summed E-state index contributed by atoms with van der Waals surface area (Å²) in [5, 5.41) is 0. The Labute approximate surface area is 139 Å². The summed E-state index contributed by atoms with van der Waals surface area (Å²) in [6, 6.07) is 8.45. The van der Waals surface area contributed by atoms with E-state index < -0.39 is 0 Å². The molecule has 3 nitrogen and oxygen atoms in total. The van der Waals surface area contributed by atoms with Crippen LogP contribution in [0.15, 0.2) is 28.7 Å². The van der Waals surface area contributed by atoms with Gasteiger partial charge in [0, 0.05) is 42.4 Å². The Kier molecular flexibility index (Phi) is 5.24. The first-order valence-electron chi connectivity index (χ1n) is 7.61. The van der Waals surface area contributed by atoms with E-state index in [4.69, 9.17) is 0 Å². The van der Waals surface area contributed by atoms with E-state index in [1.54, 1.807) is 0 Å². The van der Waals surface area contributed by atoms with Crippen molar-refractivity contribution in [3.8, 4) is 0 Å². The summed E-state index contributed by atoms with van der Waals surface area (Å²) in [5.74, 6) is 2.71. The van der Waals surface area contributed by atoms with Crippen molar-refractivity contribution < 1.29 is 4.79 Å². The van der Waals surface area contributed by atoms with Crippen LogP contribution in [-0.4, -0.2) is 59.4 Å². The maximum Gasteiger partial charge on any atom is 0.255 e. The Morgan fingerprint density at radius 3 is 2.81 bits per heavy atom. The normalized spacial score (nSPS) is 24.0. The molecule has 2 saturated heterocycles. The number of amides is 1. The van der Waals surface area contributed by atoms with Gasteiger partial charge in [0.05, 0.1) is 5.56 Å². The Bertz CT molecular complexity index is 505. The molecule has 1 amide bonds. The number of hydrogen-bond donors (Lipinski definition) is 0. The lowest BCUT2D eigenvalue weighted by molar-refractivity contribution is 0.0758. The van der Waals surface area contributed by atoms with Crippen molar-refractivity contribution in [3.05, 3.63) is 34.3 Å². The first-order chi connectivity index (χ1) is 10.3. The van der Waals surface area contributed by atoms with Gasteiger partial charge in [0.25, 0.3) is 5.91 Å². The summed E-state index contributed by atoms with van der Waals surface area (Å²) in [6.07, 6.45) is 2.39. The first-order valence-corrected chi connectivity index (χ1v) is 9.56. The molecule has 1 aromatic rings. The number of thioether (sulfide) groups is 1. The second-order valence-electron chi connectivity index (χ2n) is 5.68. The molecule has 1 unspecified atom stereocenters. The van der Waals surface area contributed by atoms with Crippen LogP contribution in [0.3, 0.4) is 0 Å². The third kappa shape index (κ3) is 3.63. The minimum absolute atomic E-state index is 0.158. The molecular formula is C16H21BrN2OS. The molecule has 114 valence electrons. The third-order valence-corrected chi connectivity index (χ3v) is 6.18. The molecule has 0 aromatic heterocycles. The van der Waals surface area contributed by atoms with Crippen molar-refractivity contribution in [1.82, 2.24) is 9.80 Å². The lowest BCUT2D eigenvalue weighted by atomic mass is 10.2. The van der Waals surface area contributed by atoms with E-state index in [1.807, 2.05) is 29.2 Å². The predicted molar refractivity (Wildman–Crippen MR) is 92.0 cm³/mol. The van der Waals surface area contributed by atoms with Crippen LogP contribution in [0, 0.1) is 0 Å². The van der Waals surface area contributed by atoms with Gasteiger partial charge in [-0.2, -0.15) is 11.8 Å². The average Bonchev–Trinajstić information content (AvgIpc) is 2.92. The quantitative estimate of drug-likeness (QED) is 0.801. The van der Waals surface area contributed by atoms with Crippen molar-refractivity contribution in [2.75, 3.05) is 37.7 Å². The number of rotatable bonds is 2. The van der Waals surface area contributed by atoms with Crippen molar-refractivity contribution >= 4 is 33.6 Å². The van der Waals surface area contributed by atoms with Crippen molar-refractivity contribution in [2.24, 2.45) is 0 Å². The van der Waals surface area contributed by atoms with E-state index in [-0.39, 0.29) is 5.91 Å². The Morgan fingerprint density at radius 2 is 2.05 bits per heavy atom. The molecule has 0 bridgehead atoms. The lowest BCUT2D eigenvalue weighted by Crippen LogP contribution is -2.39. The van der Waals surface area contributed by atoms with E-state index in [1.165, 1.54) is 17.9 Å². The van der Waals surface area contributed by atoms with Crippen LogP contribution in [0.25, 0.3) is 0 Å². The summed E-state index contributed by atoms with van der Waals surface area (Å²) in [5.41, 5.74) is 0.780. The molecule has 2 aliphatic heterocycles. The zero-order valence-electron chi connectivity index (χ0n) is 12.1. The molecule has 1 atom stereocenters. The van der Waals surface area contributed by atoms with Crippen LogP contribution in [0.5, 0.6) is 0 Å². The number of carbonyl (C=O) groups is 1. The largest absolute Gasteiger partial charge is 0.337 e. The minimum atomic E-state index is 0.158. The van der Waals surface area contributed by atoms with Gasteiger partial charge >= 0.3 is 0 Å². The van der Waals surface area contributed by atoms with Gasteiger partial charge in [0.2, 0.25) is 0 Å². The summed E-state index contributed by atoms with van der Waals surface area (Å²) >= 11 is 5.55. The number of hydrogen-bond acceptors (Lipinski definition) is 3. The van der Waals surface area contributed by atoms with E-state index in [0.29, 0.717) is 0 Å². The molecule has 0 aliphatic carbocycles. The molecule has 5 heteroatoms. The van der Waals surface area contributed by atoms with Crippen LogP contribution >= 0.6 is 27.7 Å². The molecule has 3 rings (SSSR count). The Hall–Kier alpha value is -0.520. The predicted octanol–water partition coefficient (Wildman–Crippen LogP) is 3.10. The molecule has 2 heterocycles. The standard InChI is InChI=1S/C16H21BrN2OS/c17-15-5-2-1-4-14(15)16(20)19-8-3-7-18(9-10-19)13-6-11-21-12-13/h1-2,4-5,13H,3,6-12H2.